The lowest BCUT2D eigenvalue weighted by Gasteiger charge is -2.26. The number of ketones is 1. The number of hydrogen-bond donors (Lipinski definition) is 2. The van der Waals surface area contributed by atoms with E-state index in [1.807, 2.05) is 18.2 Å². The first kappa shape index (κ1) is 24.9. The molecular weight excluding hydrogens is 506 g/mol. The Morgan fingerprint density at radius 3 is 2.32 bits per heavy atom. The van der Waals surface area contributed by atoms with Crippen LogP contribution in [0.25, 0.3) is 5.76 Å². The number of methoxy groups -OCH3 is 1. The molecule has 1 heterocycles. The molecule has 1 aliphatic heterocycles. The number of carbonyl (C=O) groups excluding carboxylic acids is 2. The fraction of sp³-hybridized carbons (Fsp3) is 0.0667. The van der Waals surface area contributed by atoms with Crippen LogP contribution in [0.4, 0.5) is 5.69 Å². The fourth-order valence-electron chi connectivity index (χ4n) is 4.40. The number of rotatable bonds is 6. The molecule has 1 unspecified atom stereocenters. The Hall–Kier alpha value is -4.75. The van der Waals surface area contributed by atoms with Crippen molar-refractivity contribution in [3.8, 4) is 23.0 Å². The van der Waals surface area contributed by atoms with Gasteiger partial charge in [0.25, 0.3) is 11.7 Å². The number of nitrogens with zero attached hydrogens (tertiary/aromatic N) is 1. The van der Waals surface area contributed by atoms with E-state index in [2.05, 4.69) is 0 Å². The molecule has 7 nitrogen and oxygen atoms in total. The summed E-state index contributed by atoms with van der Waals surface area (Å²) < 4.78 is 11.2. The van der Waals surface area contributed by atoms with Crippen molar-refractivity contribution in [3.05, 3.63) is 119 Å². The number of benzene rings is 4. The maximum atomic E-state index is 13.4. The second-order valence-corrected chi connectivity index (χ2v) is 8.90. The lowest BCUT2D eigenvalue weighted by Crippen LogP contribution is -2.29. The van der Waals surface area contributed by atoms with Gasteiger partial charge in [0.2, 0.25) is 0 Å². The number of aromatic hydroxyl groups is 1. The van der Waals surface area contributed by atoms with Gasteiger partial charge in [0.05, 0.1) is 29.4 Å². The molecule has 1 atom stereocenters. The van der Waals surface area contributed by atoms with Crippen LogP contribution < -0.4 is 14.4 Å². The summed E-state index contributed by atoms with van der Waals surface area (Å²) in [7, 11) is 1.43. The van der Waals surface area contributed by atoms with Gasteiger partial charge < -0.3 is 19.7 Å². The van der Waals surface area contributed by atoms with Gasteiger partial charge >= 0.3 is 0 Å². The largest absolute Gasteiger partial charge is 0.507 e. The first-order valence-electron chi connectivity index (χ1n) is 11.6. The van der Waals surface area contributed by atoms with Crippen LogP contribution in [-0.2, 0) is 9.59 Å². The van der Waals surface area contributed by atoms with Crippen LogP contribution in [-0.4, -0.2) is 29.0 Å². The van der Waals surface area contributed by atoms with E-state index in [1.54, 1.807) is 48.5 Å². The second kappa shape index (κ2) is 10.3. The zero-order valence-electron chi connectivity index (χ0n) is 20.2. The Balaban J connectivity index is 1.69. The van der Waals surface area contributed by atoms with Gasteiger partial charge in [0, 0.05) is 5.56 Å². The standard InChI is InChI=1S/C30H22ClNO6/c1-37-25-17-19(14-15-22(25)31)28(34)26-27(32(30(36)29(26)35)23-12-5-6-13-24(23)33)18-8-7-11-21(16-18)38-20-9-3-2-4-10-20/h2-17,27,33-34H,1H3/b28-26-. The van der Waals surface area contributed by atoms with E-state index in [4.69, 9.17) is 21.1 Å². The smallest absolute Gasteiger partial charge is 0.300 e. The molecule has 0 saturated carbocycles. The number of amides is 1. The minimum Gasteiger partial charge on any atom is -0.507 e. The molecule has 1 saturated heterocycles. The van der Waals surface area contributed by atoms with Crippen molar-refractivity contribution in [3.63, 3.8) is 0 Å². The van der Waals surface area contributed by atoms with Crippen LogP contribution in [0.2, 0.25) is 5.02 Å². The molecule has 0 radical (unpaired) electrons. The highest BCUT2D eigenvalue weighted by molar-refractivity contribution is 6.52. The second-order valence-electron chi connectivity index (χ2n) is 8.49. The quantitative estimate of drug-likeness (QED) is 0.169. The van der Waals surface area contributed by atoms with Crippen molar-refractivity contribution < 1.29 is 29.3 Å². The maximum absolute atomic E-state index is 13.4. The Morgan fingerprint density at radius 1 is 0.868 bits per heavy atom. The van der Waals surface area contributed by atoms with Gasteiger partial charge in [-0.3, -0.25) is 14.5 Å². The average Bonchev–Trinajstić information content (AvgIpc) is 3.19. The number of phenols is 1. The van der Waals surface area contributed by atoms with Crippen LogP contribution in [0.3, 0.4) is 0 Å². The molecule has 4 aromatic carbocycles. The third kappa shape index (κ3) is 4.55. The number of ether oxygens (including phenoxy) is 2. The Morgan fingerprint density at radius 2 is 1.58 bits per heavy atom. The van der Waals surface area contributed by atoms with Crippen molar-refractivity contribution in [1.29, 1.82) is 0 Å². The summed E-state index contributed by atoms with van der Waals surface area (Å²) in [6.07, 6.45) is 0. The summed E-state index contributed by atoms with van der Waals surface area (Å²) in [5.74, 6) is -1.04. The predicted octanol–water partition coefficient (Wildman–Crippen LogP) is 6.47. The number of hydrogen-bond acceptors (Lipinski definition) is 6. The van der Waals surface area contributed by atoms with E-state index in [-0.39, 0.29) is 22.6 Å². The first-order valence-corrected chi connectivity index (χ1v) is 12.0. The average molecular weight is 528 g/mol. The van der Waals surface area contributed by atoms with Gasteiger partial charge in [-0.2, -0.15) is 0 Å². The van der Waals surface area contributed by atoms with Crippen LogP contribution in [0.1, 0.15) is 17.2 Å². The molecule has 1 aliphatic rings. The molecule has 0 aliphatic carbocycles. The lowest BCUT2D eigenvalue weighted by atomic mass is 9.95. The molecule has 0 aromatic heterocycles. The number of halogens is 1. The van der Waals surface area contributed by atoms with Crippen molar-refractivity contribution in [2.45, 2.75) is 6.04 Å². The molecule has 1 fully saturated rings. The SMILES string of the molecule is COc1cc(/C(O)=C2/C(=O)C(=O)N(c3ccccc3O)C2c2cccc(Oc3ccccc3)c2)ccc1Cl. The predicted molar refractivity (Wildman–Crippen MR) is 144 cm³/mol. The Kier molecular flexibility index (Phi) is 6.77. The topological polar surface area (TPSA) is 96.3 Å². The third-order valence-corrected chi connectivity index (χ3v) is 6.48. The zero-order valence-corrected chi connectivity index (χ0v) is 20.9. The van der Waals surface area contributed by atoms with Gasteiger partial charge in [-0.15, -0.1) is 0 Å². The molecule has 1 amide bonds. The molecule has 4 aromatic rings. The lowest BCUT2D eigenvalue weighted by molar-refractivity contribution is -0.132. The molecule has 0 spiro atoms. The van der Waals surface area contributed by atoms with Gasteiger partial charge in [0.15, 0.2) is 0 Å². The highest BCUT2D eigenvalue weighted by Crippen LogP contribution is 2.45. The molecule has 2 N–H and O–H groups in total. The van der Waals surface area contributed by atoms with Crippen LogP contribution in [0.15, 0.2) is 103 Å². The van der Waals surface area contributed by atoms with Crippen molar-refractivity contribution >= 4 is 34.7 Å². The number of phenolic OH excluding ortho intramolecular Hbond substituents is 1. The van der Waals surface area contributed by atoms with Gasteiger partial charge in [-0.05, 0) is 60.2 Å². The van der Waals surface area contributed by atoms with E-state index in [0.717, 1.165) is 0 Å². The van der Waals surface area contributed by atoms with Gasteiger partial charge in [0.1, 0.15) is 28.8 Å². The van der Waals surface area contributed by atoms with Crippen molar-refractivity contribution in [1.82, 2.24) is 0 Å². The summed E-state index contributed by atoms with van der Waals surface area (Å²) in [5, 5.41) is 22.3. The number of carbonyl (C=O) groups is 2. The van der Waals surface area contributed by atoms with E-state index >= 15 is 0 Å². The molecule has 5 rings (SSSR count). The summed E-state index contributed by atoms with van der Waals surface area (Å²) in [5.41, 5.74) is 0.702. The summed E-state index contributed by atoms with van der Waals surface area (Å²) >= 11 is 6.15. The third-order valence-electron chi connectivity index (χ3n) is 6.16. The molecule has 8 heteroatoms. The van der Waals surface area contributed by atoms with E-state index in [1.165, 1.54) is 42.3 Å². The van der Waals surface area contributed by atoms with Crippen LogP contribution >= 0.6 is 11.6 Å². The molecule has 38 heavy (non-hydrogen) atoms. The van der Waals surface area contributed by atoms with Crippen LogP contribution in [0, 0.1) is 0 Å². The molecule has 0 bridgehead atoms. The number of anilines is 1. The van der Waals surface area contributed by atoms with Crippen LogP contribution in [0.5, 0.6) is 23.0 Å². The van der Waals surface area contributed by atoms with E-state index in [9.17, 15) is 19.8 Å². The minimum absolute atomic E-state index is 0.127. The van der Waals surface area contributed by atoms with E-state index in [0.29, 0.717) is 27.8 Å². The van der Waals surface area contributed by atoms with Crippen molar-refractivity contribution in [2.75, 3.05) is 12.0 Å². The monoisotopic (exact) mass is 527 g/mol. The molecule has 190 valence electrons. The number of para-hydroxylation sites is 3. The molecular formula is C30H22ClNO6. The fourth-order valence-corrected chi connectivity index (χ4v) is 4.59. The highest BCUT2D eigenvalue weighted by Gasteiger charge is 2.47. The zero-order chi connectivity index (χ0) is 26.8. The van der Waals surface area contributed by atoms with Gasteiger partial charge in [-0.1, -0.05) is 54.1 Å². The number of Topliss-reactive ketones (excluding diaryl/α,β-unsaturated/α-hetero) is 1. The Bertz CT molecular complexity index is 1570. The van der Waals surface area contributed by atoms with E-state index < -0.39 is 23.5 Å². The number of aliphatic hydroxyl groups excluding tert-OH is 1. The van der Waals surface area contributed by atoms with Crippen molar-refractivity contribution in [2.24, 2.45) is 0 Å². The Labute approximate surface area is 223 Å². The number of aliphatic hydroxyl groups is 1. The summed E-state index contributed by atoms with van der Waals surface area (Å²) in [6.45, 7) is 0. The minimum atomic E-state index is -1.07. The highest BCUT2D eigenvalue weighted by atomic mass is 35.5. The maximum Gasteiger partial charge on any atom is 0.300 e. The van der Waals surface area contributed by atoms with Gasteiger partial charge in [-0.25, -0.2) is 0 Å². The summed E-state index contributed by atoms with van der Waals surface area (Å²) in [4.78, 5) is 28.0. The normalized spacial score (nSPS) is 16.5. The first-order chi connectivity index (χ1) is 18.4. The summed E-state index contributed by atoms with van der Waals surface area (Å²) in [6, 6.07) is 25.7.